The highest BCUT2D eigenvalue weighted by Gasteiger charge is 1.96. The van der Waals surface area contributed by atoms with E-state index in [1.165, 1.54) is 0 Å². The van der Waals surface area contributed by atoms with Crippen molar-refractivity contribution in [2.45, 2.75) is 19.9 Å². The molecule has 1 rings (SSSR count). The van der Waals surface area contributed by atoms with Gasteiger partial charge in [0.15, 0.2) is 0 Å². The maximum atomic E-state index is 5.41. The van der Waals surface area contributed by atoms with E-state index in [1.807, 2.05) is 6.20 Å². The van der Waals surface area contributed by atoms with Gasteiger partial charge in [0.05, 0.1) is 12.3 Å². The van der Waals surface area contributed by atoms with Crippen molar-refractivity contribution in [1.82, 2.24) is 9.55 Å². The van der Waals surface area contributed by atoms with Gasteiger partial charge in [0.2, 0.25) is 0 Å². The molecule has 64 valence electrons. The van der Waals surface area contributed by atoms with Crippen molar-refractivity contribution in [2.24, 2.45) is 0 Å². The van der Waals surface area contributed by atoms with Gasteiger partial charge in [-0.05, 0) is 6.92 Å². The predicted molar refractivity (Wildman–Crippen MR) is 50.1 cm³/mol. The summed E-state index contributed by atoms with van der Waals surface area (Å²) in [4.78, 5) is 4.18. The molecule has 0 spiro atoms. The molecule has 2 nitrogen and oxygen atoms in total. The fourth-order valence-electron chi connectivity index (χ4n) is 0.984. The monoisotopic (exact) mass is 182 g/mol. The molecule has 3 heteroatoms. The molecule has 0 atom stereocenters. The van der Waals surface area contributed by atoms with Crippen LogP contribution in [-0.4, -0.2) is 15.4 Å². The molecule has 0 N–H and O–H groups in total. The largest absolute Gasteiger partial charge is 0.334 e. The Morgan fingerprint density at radius 2 is 2.42 bits per heavy atom. The van der Waals surface area contributed by atoms with E-state index in [0.717, 1.165) is 12.4 Å². The second-order valence-corrected chi connectivity index (χ2v) is 2.56. The van der Waals surface area contributed by atoms with E-state index in [2.05, 4.69) is 28.3 Å². The van der Waals surface area contributed by atoms with Gasteiger partial charge in [0.1, 0.15) is 5.82 Å². The number of aryl methyl sites for hydroxylation is 1. The molecule has 0 amide bonds. The molecule has 0 aromatic carbocycles. The van der Waals surface area contributed by atoms with E-state index in [9.17, 15) is 0 Å². The second-order valence-electron chi connectivity index (χ2n) is 2.29. The molecule has 0 unspecified atom stereocenters. The summed E-state index contributed by atoms with van der Waals surface area (Å²) in [5.74, 6) is 7.15. The smallest absolute Gasteiger partial charge is 0.120 e. The zero-order valence-electron chi connectivity index (χ0n) is 7.05. The minimum Gasteiger partial charge on any atom is -0.334 e. The van der Waals surface area contributed by atoms with E-state index >= 15 is 0 Å². The summed E-state index contributed by atoms with van der Waals surface area (Å²) in [6.45, 7) is 3.03. The Morgan fingerprint density at radius 1 is 1.58 bits per heavy atom. The van der Waals surface area contributed by atoms with Crippen LogP contribution >= 0.6 is 11.6 Å². The average molecular weight is 183 g/mol. The van der Waals surface area contributed by atoms with Gasteiger partial charge in [0.25, 0.3) is 0 Å². The number of rotatable bonds is 2. The Labute approximate surface area is 77.6 Å². The lowest BCUT2D eigenvalue weighted by Crippen LogP contribution is -1.99. The van der Waals surface area contributed by atoms with Gasteiger partial charge in [-0.3, -0.25) is 0 Å². The molecule has 1 heterocycles. The van der Waals surface area contributed by atoms with Crippen LogP contribution in [0.2, 0.25) is 0 Å². The third-order valence-corrected chi connectivity index (χ3v) is 1.71. The standard InChI is InChI=1S/C9H11ClN2/c1-2-12-8-7-11-9(12)5-3-4-6-10/h7-8H,2,5-6H2,1H3. The first kappa shape index (κ1) is 9.15. The molecule has 0 fully saturated rings. The third-order valence-electron chi connectivity index (χ3n) is 1.58. The van der Waals surface area contributed by atoms with E-state index in [1.54, 1.807) is 6.20 Å². The Bertz CT molecular complexity index is 293. The molecule has 1 aromatic heterocycles. The predicted octanol–water partition coefficient (Wildman–Crippen LogP) is 1.69. The molecule has 0 aliphatic heterocycles. The maximum absolute atomic E-state index is 5.41. The highest BCUT2D eigenvalue weighted by molar-refractivity contribution is 6.19. The topological polar surface area (TPSA) is 17.8 Å². The third kappa shape index (κ3) is 2.28. The van der Waals surface area contributed by atoms with Crippen molar-refractivity contribution < 1.29 is 0 Å². The summed E-state index contributed by atoms with van der Waals surface area (Å²) in [5.41, 5.74) is 0. The van der Waals surface area contributed by atoms with Crippen molar-refractivity contribution in [3.8, 4) is 11.8 Å². The van der Waals surface area contributed by atoms with Crippen LogP contribution in [0.25, 0.3) is 0 Å². The molecule has 0 bridgehead atoms. The minimum absolute atomic E-state index is 0.396. The Morgan fingerprint density at radius 3 is 3.08 bits per heavy atom. The van der Waals surface area contributed by atoms with Gasteiger partial charge >= 0.3 is 0 Å². The number of aromatic nitrogens is 2. The summed E-state index contributed by atoms with van der Waals surface area (Å²) in [6.07, 6.45) is 4.44. The first-order valence-electron chi connectivity index (χ1n) is 3.90. The normalized spacial score (nSPS) is 9.17. The summed E-state index contributed by atoms with van der Waals surface area (Å²) in [5, 5.41) is 0. The van der Waals surface area contributed by atoms with Crippen LogP contribution in [0.5, 0.6) is 0 Å². The van der Waals surface area contributed by atoms with Crippen molar-refractivity contribution in [2.75, 3.05) is 5.88 Å². The fourth-order valence-corrected chi connectivity index (χ4v) is 1.08. The Balaban J connectivity index is 2.62. The van der Waals surface area contributed by atoms with E-state index in [0.29, 0.717) is 12.3 Å². The Kier molecular flexibility index (Phi) is 3.69. The van der Waals surface area contributed by atoms with Crippen LogP contribution in [0.3, 0.4) is 0 Å². The van der Waals surface area contributed by atoms with Crippen molar-refractivity contribution >= 4 is 11.6 Å². The highest BCUT2D eigenvalue weighted by Crippen LogP contribution is 1.97. The van der Waals surface area contributed by atoms with E-state index in [4.69, 9.17) is 11.6 Å². The molecule has 0 saturated heterocycles. The molecule has 12 heavy (non-hydrogen) atoms. The number of nitrogens with zero attached hydrogens (tertiary/aromatic N) is 2. The van der Waals surface area contributed by atoms with Crippen molar-refractivity contribution in [3.63, 3.8) is 0 Å². The number of halogens is 1. The zero-order valence-corrected chi connectivity index (χ0v) is 7.80. The molecule has 0 aliphatic carbocycles. The van der Waals surface area contributed by atoms with Crippen LogP contribution < -0.4 is 0 Å². The van der Waals surface area contributed by atoms with Gasteiger partial charge < -0.3 is 4.57 Å². The second kappa shape index (κ2) is 4.84. The first-order valence-corrected chi connectivity index (χ1v) is 4.43. The number of hydrogen-bond acceptors (Lipinski definition) is 1. The number of hydrogen-bond donors (Lipinski definition) is 0. The summed E-state index contributed by atoms with van der Waals surface area (Å²) < 4.78 is 2.07. The van der Waals surface area contributed by atoms with Gasteiger partial charge in [-0.25, -0.2) is 4.98 Å². The van der Waals surface area contributed by atoms with Gasteiger partial charge in [-0.2, -0.15) is 0 Å². The molecule has 0 radical (unpaired) electrons. The van der Waals surface area contributed by atoms with E-state index < -0.39 is 0 Å². The highest BCUT2D eigenvalue weighted by atomic mass is 35.5. The first-order chi connectivity index (χ1) is 5.88. The van der Waals surface area contributed by atoms with Crippen molar-refractivity contribution in [3.05, 3.63) is 18.2 Å². The lowest BCUT2D eigenvalue weighted by Gasteiger charge is -1.98. The van der Waals surface area contributed by atoms with Crippen LogP contribution in [0, 0.1) is 11.8 Å². The zero-order chi connectivity index (χ0) is 8.81. The summed E-state index contributed by atoms with van der Waals surface area (Å²) in [7, 11) is 0. The SMILES string of the molecule is CCn1ccnc1CC#CCCl. The van der Waals surface area contributed by atoms with Gasteiger partial charge in [-0.15, -0.1) is 11.6 Å². The Hall–Kier alpha value is -0.940. The summed E-state index contributed by atoms with van der Waals surface area (Å²) in [6, 6.07) is 0. The molecule has 0 aliphatic rings. The minimum atomic E-state index is 0.396. The molecule has 0 saturated carbocycles. The molecule has 1 aromatic rings. The lowest BCUT2D eigenvalue weighted by atomic mass is 10.4. The van der Waals surface area contributed by atoms with E-state index in [-0.39, 0.29) is 0 Å². The van der Waals surface area contributed by atoms with Gasteiger partial charge in [0, 0.05) is 18.9 Å². The van der Waals surface area contributed by atoms with Crippen molar-refractivity contribution in [1.29, 1.82) is 0 Å². The molecular weight excluding hydrogens is 172 g/mol. The number of imidazole rings is 1. The van der Waals surface area contributed by atoms with Gasteiger partial charge in [-0.1, -0.05) is 11.8 Å². The lowest BCUT2D eigenvalue weighted by molar-refractivity contribution is 0.719. The average Bonchev–Trinajstić information content (AvgIpc) is 2.52. The summed E-state index contributed by atoms with van der Waals surface area (Å²) >= 11 is 5.41. The van der Waals surface area contributed by atoms with Crippen LogP contribution in [0.1, 0.15) is 12.7 Å². The maximum Gasteiger partial charge on any atom is 0.120 e. The number of alkyl halides is 1. The quantitative estimate of drug-likeness (QED) is 0.503. The van der Waals surface area contributed by atoms with Crippen LogP contribution in [-0.2, 0) is 13.0 Å². The van der Waals surface area contributed by atoms with Crippen LogP contribution in [0.15, 0.2) is 12.4 Å². The van der Waals surface area contributed by atoms with Crippen LogP contribution in [0.4, 0.5) is 0 Å². The molecular formula is C9H11ClN2. The fraction of sp³-hybridized carbons (Fsp3) is 0.444.